The number of hydrogen-bond acceptors (Lipinski definition) is 5. The Hall–Kier alpha value is -2.31. The van der Waals surface area contributed by atoms with Gasteiger partial charge >= 0.3 is 0 Å². The van der Waals surface area contributed by atoms with Crippen LogP contribution in [0, 0.1) is 20.2 Å². The molecule has 2 aliphatic carbocycles. The first-order valence-corrected chi connectivity index (χ1v) is 6.92. The van der Waals surface area contributed by atoms with Gasteiger partial charge in [0.2, 0.25) is 5.78 Å². The molecule has 0 N–H and O–H groups in total. The molecular formula is C14H14N2O5. The van der Waals surface area contributed by atoms with Crippen LogP contribution >= 0.6 is 0 Å². The zero-order chi connectivity index (χ0) is 15.2. The van der Waals surface area contributed by atoms with E-state index in [0.717, 1.165) is 12.0 Å². The number of non-ortho nitro benzene ring substituents is 1. The largest absolute Gasteiger partial charge is 0.291 e. The van der Waals surface area contributed by atoms with Gasteiger partial charge in [0.1, 0.15) is 0 Å². The number of fused-ring (bicyclic) bond motifs is 4. The Balaban J connectivity index is 2.17. The Morgan fingerprint density at radius 2 is 1.95 bits per heavy atom. The third-order valence-corrected chi connectivity index (χ3v) is 4.65. The Labute approximate surface area is 120 Å². The van der Waals surface area contributed by atoms with Crippen LogP contribution < -0.4 is 0 Å². The molecule has 1 aromatic rings. The molecule has 1 saturated carbocycles. The van der Waals surface area contributed by atoms with Gasteiger partial charge in [0.25, 0.3) is 11.2 Å². The fourth-order valence-electron chi connectivity index (χ4n) is 3.58. The van der Waals surface area contributed by atoms with Crippen molar-refractivity contribution in [1.29, 1.82) is 0 Å². The van der Waals surface area contributed by atoms with Gasteiger partial charge in [0, 0.05) is 23.5 Å². The molecule has 110 valence electrons. The number of nitro groups is 2. The molecule has 2 aliphatic rings. The van der Waals surface area contributed by atoms with E-state index in [-0.39, 0.29) is 24.3 Å². The standard InChI is InChI=1S/C14H14N2O5/c17-13-12-3-1-2-6-14(13,16(20)21)8-9-7-10(15(18)19)4-5-11(9)12/h4-5,7,12H,1-3,6,8H2/t12-,14-/m0/s1. The zero-order valence-electron chi connectivity index (χ0n) is 11.3. The molecule has 2 bridgehead atoms. The van der Waals surface area contributed by atoms with E-state index in [1.165, 1.54) is 12.1 Å². The van der Waals surface area contributed by atoms with E-state index in [1.54, 1.807) is 6.07 Å². The van der Waals surface area contributed by atoms with Gasteiger partial charge in [0.15, 0.2) is 0 Å². The number of carbonyl (C=O) groups is 1. The zero-order valence-corrected chi connectivity index (χ0v) is 11.3. The number of hydrogen-bond donors (Lipinski definition) is 0. The van der Waals surface area contributed by atoms with Gasteiger partial charge in [-0.05, 0) is 24.0 Å². The molecule has 3 rings (SSSR count). The molecule has 2 atom stereocenters. The van der Waals surface area contributed by atoms with E-state index < -0.39 is 21.3 Å². The predicted molar refractivity (Wildman–Crippen MR) is 72.7 cm³/mol. The summed E-state index contributed by atoms with van der Waals surface area (Å²) in [5.41, 5.74) is -0.376. The number of Topliss-reactive ketones (excluding diaryl/α,β-unsaturated/α-hetero) is 1. The van der Waals surface area contributed by atoms with Gasteiger partial charge in [-0.25, -0.2) is 0 Å². The van der Waals surface area contributed by atoms with Crippen molar-refractivity contribution in [2.24, 2.45) is 0 Å². The van der Waals surface area contributed by atoms with Crippen LogP contribution in [0.3, 0.4) is 0 Å². The van der Waals surface area contributed by atoms with Crippen molar-refractivity contribution >= 4 is 11.5 Å². The van der Waals surface area contributed by atoms with Gasteiger partial charge < -0.3 is 0 Å². The molecule has 0 aromatic heterocycles. The van der Waals surface area contributed by atoms with E-state index in [2.05, 4.69) is 0 Å². The van der Waals surface area contributed by atoms with Gasteiger partial charge in [0.05, 0.1) is 17.3 Å². The van der Waals surface area contributed by atoms with Crippen LogP contribution in [-0.4, -0.2) is 21.2 Å². The van der Waals surface area contributed by atoms with Crippen LogP contribution in [-0.2, 0) is 11.2 Å². The first kappa shape index (κ1) is 13.7. The molecular weight excluding hydrogens is 276 g/mol. The Morgan fingerprint density at radius 3 is 2.62 bits per heavy atom. The topological polar surface area (TPSA) is 103 Å². The monoisotopic (exact) mass is 290 g/mol. The summed E-state index contributed by atoms with van der Waals surface area (Å²) in [6, 6.07) is 4.35. The molecule has 0 amide bonds. The van der Waals surface area contributed by atoms with E-state index in [9.17, 15) is 25.0 Å². The number of nitrogens with zero attached hydrogens (tertiary/aromatic N) is 2. The summed E-state index contributed by atoms with van der Waals surface area (Å²) < 4.78 is 0. The van der Waals surface area contributed by atoms with Crippen LogP contribution in [0.5, 0.6) is 0 Å². The summed E-state index contributed by atoms with van der Waals surface area (Å²) >= 11 is 0. The SMILES string of the molecule is O=C1[C@H]2CCCC[C@]1([N+](=O)[O-])Cc1cc([N+](=O)[O-])ccc12. The number of benzene rings is 1. The van der Waals surface area contributed by atoms with Crippen molar-refractivity contribution < 1.29 is 14.6 Å². The van der Waals surface area contributed by atoms with Gasteiger partial charge in [-0.2, -0.15) is 0 Å². The quantitative estimate of drug-likeness (QED) is 0.614. The summed E-state index contributed by atoms with van der Waals surface area (Å²) in [6.07, 6.45) is 2.17. The lowest BCUT2D eigenvalue weighted by Gasteiger charge is -2.32. The maximum Gasteiger partial charge on any atom is 0.283 e. The molecule has 7 heteroatoms. The lowest BCUT2D eigenvalue weighted by Crippen LogP contribution is -2.52. The Kier molecular flexibility index (Phi) is 3.00. The smallest absolute Gasteiger partial charge is 0.283 e. The summed E-state index contributed by atoms with van der Waals surface area (Å²) in [4.78, 5) is 34.0. The van der Waals surface area contributed by atoms with Crippen LogP contribution in [0.15, 0.2) is 18.2 Å². The molecule has 0 unspecified atom stereocenters. The first-order chi connectivity index (χ1) is 9.95. The minimum absolute atomic E-state index is 0.0354. The number of ketones is 1. The predicted octanol–water partition coefficient (Wildman–Crippen LogP) is 2.39. The lowest BCUT2D eigenvalue weighted by molar-refractivity contribution is -0.553. The van der Waals surface area contributed by atoms with Gasteiger partial charge in [-0.1, -0.05) is 12.5 Å². The second-order valence-corrected chi connectivity index (χ2v) is 5.77. The van der Waals surface area contributed by atoms with Crippen LogP contribution in [0.25, 0.3) is 0 Å². The fourth-order valence-corrected chi connectivity index (χ4v) is 3.58. The van der Waals surface area contributed by atoms with Gasteiger partial charge in [-0.15, -0.1) is 0 Å². The van der Waals surface area contributed by atoms with Crippen molar-refractivity contribution in [2.75, 3.05) is 0 Å². The molecule has 0 saturated heterocycles. The van der Waals surface area contributed by atoms with Crippen LogP contribution in [0.1, 0.15) is 42.7 Å². The normalized spacial score (nSPS) is 27.6. The van der Waals surface area contributed by atoms with Crippen LogP contribution in [0.4, 0.5) is 5.69 Å². The Morgan fingerprint density at radius 1 is 1.19 bits per heavy atom. The molecule has 0 aliphatic heterocycles. The van der Waals surface area contributed by atoms with Crippen molar-refractivity contribution in [3.63, 3.8) is 0 Å². The maximum absolute atomic E-state index is 12.6. The second kappa shape index (κ2) is 4.61. The highest BCUT2D eigenvalue weighted by atomic mass is 16.6. The highest BCUT2D eigenvalue weighted by Gasteiger charge is 2.57. The molecule has 1 aromatic carbocycles. The fraction of sp³-hybridized carbons (Fsp3) is 0.500. The van der Waals surface area contributed by atoms with Crippen molar-refractivity contribution in [3.05, 3.63) is 49.6 Å². The summed E-state index contributed by atoms with van der Waals surface area (Å²) in [7, 11) is 0. The number of rotatable bonds is 2. The van der Waals surface area contributed by atoms with E-state index >= 15 is 0 Å². The van der Waals surface area contributed by atoms with Crippen LogP contribution in [0.2, 0.25) is 0 Å². The average Bonchev–Trinajstić information content (AvgIpc) is 2.55. The minimum Gasteiger partial charge on any atom is -0.291 e. The van der Waals surface area contributed by atoms with Crippen molar-refractivity contribution in [3.8, 4) is 0 Å². The van der Waals surface area contributed by atoms with Gasteiger partial charge in [-0.3, -0.25) is 25.0 Å². The third-order valence-electron chi connectivity index (χ3n) is 4.65. The summed E-state index contributed by atoms with van der Waals surface area (Å²) in [5.74, 6) is -0.825. The van der Waals surface area contributed by atoms with E-state index in [1.807, 2.05) is 0 Å². The molecule has 7 nitrogen and oxygen atoms in total. The molecule has 1 fully saturated rings. The average molecular weight is 290 g/mol. The minimum atomic E-state index is -1.59. The highest BCUT2D eigenvalue weighted by Crippen LogP contribution is 2.44. The maximum atomic E-state index is 12.6. The third kappa shape index (κ3) is 1.91. The van der Waals surface area contributed by atoms with Crippen molar-refractivity contribution in [2.45, 2.75) is 43.6 Å². The molecule has 0 radical (unpaired) electrons. The molecule has 0 heterocycles. The lowest BCUT2D eigenvalue weighted by atomic mass is 9.70. The highest BCUT2D eigenvalue weighted by molar-refractivity contribution is 5.95. The van der Waals surface area contributed by atoms with E-state index in [4.69, 9.17) is 0 Å². The molecule has 0 spiro atoms. The van der Waals surface area contributed by atoms with Crippen molar-refractivity contribution in [1.82, 2.24) is 0 Å². The summed E-state index contributed by atoms with van der Waals surface area (Å²) in [6.45, 7) is 0. The second-order valence-electron chi connectivity index (χ2n) is 5.77. The number of nitro benzene ring substituents is 1. The van der Waals surface area contributed by atoms with E-state index in [0.29, 0.717) is 18.4 Å². The number of carbonyl (C=O) groups excluding carboxylic acids is 1. The summed E-state index contributed by atoms with van der Waals surface area (Å²) in [5, 5.41) is 22.4. The molecule has 21 heavy (non-hydrogen) atoms. The Bertz CT molecular complexity index is 657. The first-order valence-electron chi connectivity index (χ1n) is 6.92.